The van der Waals surface area contributed by atoms with E-state index in [-0.39, 0.29) is 18.0 Å². The first-order valence-electron chi connectivity index (χ1n) is 4.41. The number of nitrogens with one attached hydrogen (secondary N) is 1. The van der Waals surface area contributed by atoms with Crippen LogP contribution in [0.15, 0.2) is 12.2 Å². The van der Waals surface area contributed by atoms with E-state index in [4.69, 9.17) is 4.74 Å². The number of piperidine rings is 1. The molecule has 1 atom stereocenters. The maximum absolute atomic E-state index is 5.76. The third-order valence-corrected chi connectivity index (χ3v) is 2.58. The van der Waals surface area contributed by atoms with Crippen LogP contribution in [0.1, 0.15) is 19.3 Å². The molecule has 2 aliphatic heterocycles. The van der Waals surface area contributed by atoms with E-state index in [9.17, 15) is 0 Å². The van der Waals surface area contributed by atoms with Gasteiger partial charge in [0, 0.05) is 6.54 Å². The van der Waals surface area contributed by atoms with Crippen molar-refractivity contribution in [3.63, 3.8) is 0 Å². The fourth-order valence-corrected chi connectivity index (χ4v) is 1.89. The fraction of sp³-hybridized carbons (Fsp3) is 0.778. The second-order valence-electron chi connectivity index (χ2n) is 3.45. The summed E-state index contributed by atoms with van der Waals surface area (Å²) in [5.74, 6) is 0. The third kappa shape index (κ3) is 2.00. The Hall–Kier alpha value is -0.0500. The van der Waals surface area contributed by atoms with Crippen LogP contribution in [-0.4, -0.2) is 25.3 Å². The van der Waals surface area contributed by atoms with E-state index in [1.54, 1.807) is 0 Å². The lowest BCUT2D eigenvalue weighted by Crippen LogP contribution is -2.48. The molecule has 2 rings (SSSR count). The van der Waals surface area contributed by atoms with Crippen molar-refractivity contribution in [2.45, 2.75) is 24.9 Å². The molecule has 0 radical (unpaired) electrons. The lowest BCUT2D eigenvalue weighted by atomic mass is 9.89. The minimum Gasteiger partial charge on any atom is -0.369 e. The first-order valence-corrected chi connectivity index (χ1v) is 4.41. The van der Waals surface area contributed by atoms with Gasteiger partial charge in [-0.25, -0.2) is 0 Å². The number of hydrogen-bond donors (Lipinski definition) is 1. The van der Waals surface area contributed by atoms with E-state index in [1.165, 1.54) is 12.8 Å². The zero-order chi connectivity index (χ0) is 7.57. The van der Waals surface area contributed by atoms with Crippen molar-refractivity contribution < 1.29 is 4.74 Å². The van der Waals surface area contributed by atoms with Gasteiger partial charge in [0.15, 0.2) is 0 Å². The van der Waals surface area contributed by atoms with E-state index in [2.05, 4.69) is 17.5 Å². The molecular formula is C9H16ClNO. The van der Waals surface area contributed by atoms with Crippen LogP contribution in [0, 0.1) is 0 Å². The van der Waals surface area contributed by atoms with Gasteiger partial charge in [0.25, 0.3) is 0 Å². The SMILES string of the molecule is C1=CCC2(CCCNC2)OC1.Cl. The fourth-order valence-electron chi connectivity index (χ4n) is 1.89. The molecule has 1 unspecified atom stereocenters. The second-order valence-corrected chi connectivity index (χ2v) is 3.45. The average molecular weight is 190 g/mol. The molecule has 0 amide bonds. The van der Waals surface area contributed by atoms with Crippen LogP contribution >= 0.6 is 12.4 Å². The zero-order valence-corrected chi connectivity index (χ0v) is 8.03. The van der Waals surface area contributed by atoms with E-state index in [1.807, 2.05) is 0 Å². The van der Waals surface area contributed by atoms with Gasteiger partial charge in [-0.05, 0) is 25.8 Å². The number of rotatable bonds is 0. The van der Waals surface area contributed by atoms with Gasteiger partial charge in [-0.1, -0.05) is 12.2 Å². The first-order chi connectivity index (χ1) is 5.41. The Morgan fingerprint density at radius 1 is 1.33 bits per heavy atom. The number of ether oxygens (including phenoxy) is 1. The summed E-state index contributed by atoms with van der Waals surface area (Å²) in [7, 11) is 0. The molecule has 1 fully saturated rings. The molecule has 2 aliphatic rings. The summed E-state index contributed by atoms with van der Waals surface area (Å²) in [5, 5.41) is 3.39. The first kappa shape index (κ1) is 10.0. The Morgan fingerprint density at radius 2 is 2.25 bits per heavy atom. The van der Waals surface area contributed by atoms with Crippen molar-refractivity contribution in [2.24, 2.45) is 0 Å². The maximum atomic E-state index is 5.76. The Labute approximate surface area is 79.8 Å². The number of halogens is 1. The van der Waals surface area contributed by atoms with Gasteiger partial charge in [0.2, 0.25) is 0 Å². The van der Waals surface area contributed by atoms with Crippen molar-refractivity contribution >= 4 is 12.4 Å². The van der Waals surface area contributed by atoms with Crippen molar-refractivity contribution in [1.82, 2.24) is 5.32 Å². The minimum atomic E-state index is 0. The highest BCUT2D eigenvalue weighted by Crippen LogP contribution is 2.27. The normalized spacial score (nSPS) is 34.7. The van der Waals surface area contributed by atoms with Crippen molar-refractivity contribution in [3.05, 3.63) is 12.2 Å². The summed E-state index contributed by atoms with van der Waals surface area (Å²) in [5.41, 5.74) is 0.160. The molecule has 3 heteroatoms. The van der Waals surface area contributed by atoms with Crippen LogP contribution in [0.3, 0.4) is 0 Å². The highest BCUT2D eigenvalue weighted by molar-refractivity contribution is 5.85. The molecule has 0 aromatic rings. The van der Waals surface area contributed by atoms with E-state index < -0.39 is 0 Å². The Bertz CT molecular complexity index is 164. The molecule has 0 bridgehead atoms. The molecule has 70 valence electrons. The number of hydrogen-bond acceptors (Lipinski definition) is 2. The van der Waals surface area contributed by atoms with Gasteiger partial charge >= 0.3 is 0 Å². The maximum Gasteiger partial charge on any atom is 0.0845 e. The van der Waals surface area contributed by atoms with Gasteiger partial charge in [0.05, 0.1) is 12.2 Å². The minimum absolute atomic E-state index is 0. The molecular weight excluding hydrogens is 174 g/mol. The quantitative estimate of drug-likeness (QED) is 0.584. The smallest absolute Gasteiger partial charge is 0.0845 e. The Morgan fingerprint density at radius 3 is 2.83 bits per heavy atom. The molecule has 0 aromatic heterocycles. The Kier molecular flexibility index (Phi) is 3.56. The molecule has 0 aliphatic carbocycles. The van der Waals surface area contributed by atoms with Crippen molar-refractivity contribution in [1.29, 1.82) is 0 Å². The summed E-state index contributed by atoms with van der Waals surface area (Å²) >= 11 is 0. The molecule has 12 heavy (non-hydrogen) atoms. The molecule has 1 spiro atoms. The monoisotopic (exact) mass is 189 g/mol. The van der Waals surface area contributed by atoms with Gasteiger partial charge in [-0.15, -0.1) is 12.4 Å². The van der Waals surface area contributed by atoms with Gasteiger partial charge in [-0.3, -0.25) is 0 Å². The Balaban J connectivity index is 0.000000720. The highest BCUT2D eigenvalue weighted by atomic mass is 35.5. The zero-order valence-electron chi connectivity index (χ0n) is 7.21. The predicted octanol–water partition coefficient (Wildman–Crippen LogP) is 1.51. The van der Waals surface area contributed by atoms with E-state index >= 15 is 0 Å². The topological polar surface area (TPSA) is 21.3 Å². The molecule has 1 N–H and O–H groups in total. The summed E-state index contributed by atoms with van der Waals surface area (Å²) < 4.78 is 5.76. The van der Waals surface area contributed by atoms with Gasteiger partial charge in [0.1, 0.15) is 0 Å². The lowest BCUT2D eigenvalue weighted by molar-refractivity contribution is -0.0516. The molecule has 2 heterocycles. The second kappa shape index (κ2) is 4.26. The van der Waals surface area contributed by atoms with Crippen molar-refractivity contribution in [2.75, 3.05) is 19.7 Å². The standard InChI is InChI=1S/C9H15NO.ClH/c1-2-7-11-9(4-1)5-3-6-10-8-9;/h1-2,10H,3-8H2;1H. The summed E-state index contributed by atoms with van der Waals surface area (Å²) in [6.07, 6.45) is 7.94. The van der Waals surface area contributed by atoms with Crippen LogP contribution in [-0.2, 0) is 4.74 Å². The van der Waals surface area contributed by atoms with Crippen molar-refractivity contribution in [3.8, 4) is 0 Å². The highest BCUT2D eigenvalue weighted by Gasteiger charge is 2.32. The summed E-state index contributed by atoms with van der Waals surface area (Å²) in [4.78, 5) is 0. The summed E-state index contributed by atoms with van der Waals surface area (Å²) in [6.45, 7) is 3.01. The van der Waals surface area contributed by atoms with Crippen LogP contribution in [0.4, 0.5) is 0 Å². The van der Waals surface area contributed by atoms with E-state index in [0.717, 1.165) is 26.1 Å². The average Bonchev–Trinajstić information content (AvgIpc) is 2.07. The molecule has 1 saturated heterocycles. The lowest BCUT2D eigenvalue weighted by Gasteiger charge is -2.38. The van der Waals surface area contributed by atoms with Crippen LogP contribution < -0.4 is 5.32 Å². The predicted molar refractivity (Wildman–Crippen MR) is 51.8 cm³/mol. The van der Waals surface area contributed by atoms with Crippen LogP contribution in [0.25, 0.3) is 0 Å². The van der Waals surface area contributed by atoms with Crippen LogP contribution in [0.5, 0.6) is 0 Å². The molecule has 2 nitrogen and oxygen atoms in total. The van der Waals surface area contributed by atoms with Crippen LogP contribution in [0.2, 0.25) is 0 Å². The molecule has 0 aromatic carbocycles. The molecule has 0 saturated carbocycles. The third-order valence-electron chi connectivity index (χ3n) is 2.58. The summed E-state index contributed by atoms with van der Waals surface area (Å²) in [6, 6.07) is 0. The largest absolute Gasteiger partial charge is 0.369 e. The van der Waals surface area contributed by atoms with E-state index in [0.29, 0.717) is 0 Å². The van der Waals surface area contributed by atoms with Gasteiger partial charge in [-0.2, -0.15) is 0 Å². The van der Waals surface area contributed by atoms with Gasteiger partial charge < -0.3 is 10.1 Å².